The Bertz CT molecular complexity index is 769. The normalized spacial score (nSPS) is 30.3. The number of ether oxygens (including phenoxy) is 1. The summed E-state index contributed by atoms with van der Waals surface area (Å²) in [5, 5.41) is 10.1. The molecule has 2 aliphatic carbocycles. The molecule has 0 amide bonds. The van der Waals surface area contributed by atoms with Gasteiger partial charge in [0.2, 0.25) is 0 Å². The van der Waals surface area contributed by atoms with Gasteiger partial charge in [0.05, 0.1) is 0 Å². The zero-order valence-corrected chi connectivity index (χ0v) is 16.0. The third-order valence-corrected chi connectivity index (χ3v) is 7.06. The number of aliphatic hydroxyl groups is 1. The molecule has 0 heterocycles. The van der Waals surface area contributed by atoms with E-state index in [1.807, 2.05) is 6.07 Å². The maximum absolute atomic E-state index is 10.1. The summed E-state index contributed by atoms with van der Waals surface area (Å²) in [7, 11) is 0. The van der Waals surface area contributed by atoms with Gasteiger partial charge in [-0.3, -0.25) is 0 Å². The van der Waals surface area contributed by atoms with Crippen molar-refractivity contribution >= 4 is 0 Å². The van der Waals surface area contributed by atoms with Gasteiger partial charge in [-0.2, -0.15) is 0 Å². The Hall–Kier alpha value is -1.80. The van der Waals surface area contributed by atoms with Crippen molar-refractivity contribution in [3.05, 3.63) is 65.2 Å². The smallest absolute Gasteiger partial charge is 0.120 e. The van der Waals surface area contributed by atoms with Gasteiger partial charge in [0.15, 0.2) is 0 Å². The first-order chi connectivity index (χ1) is 12.5. The zero-order valence-electron chi connectivity index (χ0n) is 16.0. The van der Waals surface area contributed by atoms with Crippen molar-refractivity contribution in [2.75, 3.05) is 6.61 Å². The standard InChI is InChI=1S/C24H30O2/c1-23(17-25)13-6-14-24(2)21-15-20(11-9-19(21)10-12-22(23)24)26-16-18-7-4-3-5-8-18/h3-5,7-9,11,15,22,25H,6,10,12-14,16-17H2,1-2H3/t22-,23-,24+/m0/s1. The van der Waals surface area contributed by atoms with Gasteiger partial charge in [-0.05, 0) is 71.3 Å². The van der Waals surface area contributed by atoms with E-state index in [1.54, 1.807) is 0 Å². The van der Waals surface area contributed by atoms with E-state index in [4.69, 9.17) is 4.74 Å². The number of fused-ring (bicyclic) bond motifs is 3. The second-order valence-corrected chi connectivity index (χ2v) is 8.77. The molecule has 1 fully saturated rings. The van der Waals surface area contributed by atoms with Crippen LogP contribution < -0.4 is 4.74 Å². The van der Waals surface area contributed by atoms with Gasteiger partial charge >= 0.3 is 0 Å². The van der Waals surface area contributed by atoms with Gasteiger partial charge in [0.1, 0.15) is 12.4 Å². The minimum Gasteiger partial charge on any atom is -0.489 e. The van der Waals surface area contributed by atoms with Gasteiger partial charge in [0, 0.05) is 6.61 Å². The number of hydrogen-bond donors (Lipinski definition) is 1. The summed E-state index contributed by atoms with van der Waals surface area (Å²) in [5.41, 5.74) is 4.32. The van der Waals surface area contributed by atoms with Crippen LogP contribution in [0.15, 0.2) is 48.5 Å². The monoisotopic (exact) mass is 350 g/mol. The molecule has 0 unspecified atom stereocenters. The molecule has 0 spiro atoms. The molecule has 0 bridgehead atoms. The molecule has 2 aromatic carbocycles. The SMILES string of the molecule is C[C@@]1(CO)CCC[C@]2(C)c3cc(OCc4ccccc4)ccc3CC[C@@H]12. The van der Waals surface area contributed by atoms with Crippen LogP contribution in [0.3, 0.4) is 0 Å². The van der Waals surface area contributed by atoms with Crippen LogP contribution in [0.5, 0.6) is 5.75 Å². The van der Waals surface area contributed by atoms with Gasteiger partial charge in [-0.1, -0.05) is 56.7 Å². The molecule has 2 aromatic rings. The maximum Gasteiger partial charge on any atom is 0.120 e. The highest BCUT2D eigenvalue weighted by molar-refractivity contribution is 5.44. The molecule has 2 nitrogen and oxygen atoms in total. The number of hydrogen-bond acceptors (Lipinski definition) is 2. The summed E-state index contributed by atoms with van der Waals surface area (Å²) in [5.74, 6) is 1.51. The van der Waals surface area contributed by atoms with E-state index in [1.165, 1.54) is 36.0 Å². The summed E-state index contributed by atoms with van der Waals surface area (Å²) >= 11 is 0. The van der Waals surface area contributed by atoms with E-state index in [0.717, 1.165) is 18.6 Å². The average molecular weight is 351 g/mol. The Morgan fingerprint density at radius 2 is 1.88 bits per heavy atom. The minimum atomic E-state index is 0.0472. The molecule has 0 aliphatic heterocycles. The second kappa shape index (κ2) is 6.74. The number of rotatable bonds is 4. The lowest BCUT2D eigenvalue weighted by molar-refractivity contribution is -0.0179. The molecular formula is C24H30O2. The van der Waals surface area contributed by atoms with Crippen LogP contribution in [0.2, 0.25) is 0 Å². The van der Waals surface area contributed by atoms with E-state index in [-0.39, 0.29) is 10.8 Å². The fraction of sp³-hybridized carbons (Fsp3) is 0.500. The first kappa shape index (κ1) is 17.6. The summed E-state index contributed by atoms with van der Waals surface area (Å²) in [4.78, 5) is 0. The van der Waals surface area contributed by atoms with Gasteiger partial charge in [-0.25, -0.2) is 0 Å². The molecule has 4 rings (SSSR count). The minimum absolute atomic E-state index is 0.0472. The first-order valence-corrected chi connectivity index (χ1v) is 9.96. The molecule has 0 saturated heterocycles. The quantitative estimate of drug-likeness (QED) is 0.814. The topological polar surface area (TPSA) is 29.5 Å². The highest BCUT2D eigenvalue weighted by atomic mass is 16.5. The number of aliphatic hydroxyl groups excluding tert-OH is 1. The van der Waals surface area contributed by atoms with Crippen molar-refractivity contribution in [1.29, 1.82) is 0 Å². The molecule has 2 heteroatoms. The maximum atomic E-state index is 10.1. The van der Waals surface area contributed by atoms with E-state index in [9.17, 15) is 5.11 Å². The highest BCUT2D eigenvalue weighted by Gasteiger charge is 2.51. The average Bonchev–Trinajstić information content (AvgIpc) is 2.67. The molecule has 2 aliphatic rings. The van der Waals surface area contributed by atoms with Crippen LogP contribution in [-0.4, -0.2) is 11.7 Å². The van der Waals surface area contributed by atoms with E-state index < -0.39 is 0 Å². The van der Waals surface area contributed by atoms with Gasteiger partial charge in [0.25, 0.3) is 0 Å². The van der Waals surface area contributed by atoms with Gasteiger partial charge in [-0.15, -0.1) is 0 Å². The summed E-state index contributed by atoms with van der Waals surface area (Å²) in [6.45, 7) is 5.61. The van der Waals surface area contributed by atoms with E-state index in [0.29, 0.717) is 19.1 Å². The predicted octanol–water partition coefficient (Wildman–Crippen LogP) is 5.27. The molecule has 0 aromatic heterocycles. The van der Waals surface area contributed by atoms with Crippen LogP contribution in [0.1, 0.15) is 56.2 Å². The Balaban J connectivity index is 1.62. The lowest BCUT2D eigenvalue weighted by Gasteiger charge is -2.55. The van der Waals surface area contributed by atoms with Crippen molar-refractivity contribution in [3.63, 3.8) is 0 Å². The summed E-state index contributed by atoms with van der Waals surface area (Å²) in [6, 6.07) is 17.0. The van der Waals surface area contributed by atoms with Crippen molar-refractivity contribution < 1.29 is 9.84 Å². The number of benzene rings is 2. The summed E-state index contributed by atoms with van der Waals surface area (Å²) in [6.07, 6.45) is 5.85. The lowest BCUT2D eigenvalue weighted by Crippen LogP contribution is -2.50. The lowest BCUT2D eigenvalue weighted by atomic mass is 9.50. The van der Waals surface area contributed by atoms with Crippen LogP contribution >= 0.6 is 0 Å². The highest BCUT2D eigenvalue weighted by Crippen LogP contribution is 2.57. The Morgan fingerprint density at radius 3 is 2.65 bits per heavy atom. The van der Waals surface area contributed by atoms with Crippen molar-refractivity contribution in [3.8, 4) is 5.75 Å². The Morgan fingerprint density at radius 1 is 1.08 bits per heavy atom. The van der Waals surface area contributed by atoms with Gasteiger partial charge < -0.3 is 9.84 Å². The molecule has 26 heavy (non-hydrogen) atoms. The molecule has 3 atom stereocenters. The fourth-order valence-electron chi connectivity index (χ4n) is 5.59. The molecule has 138 valence electrons. The van der Waals surface area contributed by atoms with E-state index in [2.05, 4.69) is 56.3 Å². The van der Waals surface area contributed by atoms with Crippen LogP contribution in [-0.2, 0) is 18.4 Å². The van der Waals surface area contributed by atoms with Crippen molar-refractivity contribution in [2.24, 2.45) is 11.3 Å². The first-order valence-electron chi connectivity index (χ1n) is 9.96. The number of aryl methyl sites for hydroxylation is 1. The van der Waals surface area contributed by atoms with E-state index >= 15 is 0 Å². The molecular weight excluding hydrogens is 320 g/mol. The summed E-state index contributed by atoms with van der Waals surface area (Å²) < 4.78 is 6.11. The molecule has 0 radical (unpaired) electrons. The molecule has 1 N–H and O–H groups in total. The zero-order chi connectivity index (χ0) is 18.2. The van der Waals surface area contributed by atoms with Crippen molar-refractivity contribution in [1.82, 2.24) is 0 Å². The fourth-order valence-corrected chi connectivity index (χ4v) is 5.59. The largest absolute Gasteiger partial charge is 0.489 e. The third kappa shape index (κ3) is 2.95. The van der Waals surface area contributed by atoms with Crippen LogP contribution in [0, 0.1) is 11.3 Å². The van der Waals surface area contributed by atoms with Crippen molar-refractivity contribution in [2.45, 2.75) is 58.0 Å². The predicted molar refractivity (Wildman–Crippen MR) is 105 cm³/mol. The molecule has 1 saturated carbocycles. The third-order valence-electron chi connectivity index (χ3n) is 7.06. The Kier molecular flexibility index (Phi) is 4.56. The Labute approximate surface area is 157 Å². The second-order valence-electron chi connectivity index (χ2n) is 8.77. The van der Waals surface area contributed by atoms with Crippen LogP contribution in [0.4, 0.5) is 0 Å². The van der Waals surface area contributed by atoms with Crippen LogP contribution in [0.25, 0.3) is 0 Å².